The first-order valence-electron chi connectivity index (χ1n) is 9.95. The van der Waals surface area contributed by atoms with Gasteiger partial charge in [-0.3, -0.25) is 13.9 Å². The lowest BCUT2D eigenvalue weighted by molar-refractivity contribution is 0.540. The molecule has 0 unspecified atom stereocenters. The van der Waals surface area contributed by atoms with Crippen LogP contribution in [-0.2, 0) is 12.8 Å². The number of fused-ring (bicyclic) bond motifs is 1. The van der Waals surface area contributed by atoms with Crippen molar-refractivity contribution >= 4 is 57.3 Å². The molecule has 2 aromatic carbocycles. The normalized spacial score (nSPS) is 11.4. The number of aromatic nitrogens is 4. The van der Waals surface area contributed by atoms with Gasteiger partial charge in [0.15, 0.2) is 14.8 Å². The summed E-state index contributed by atoms with van der Waals surface area (Å²) in [7, 11) is 1.72. The smallest absolute Gasteiger partial charge is 0.273 e. The Morgan fingerprint density at radius 1 is 1.12 bits per heavy atom. The van der Waals surface area contributed by atoms with Crippen LogP contribution in [0.25, 0.3) is 27.5 Å². The molecule has 0 N–H and O–H groups in total. The fraction of sp³-hybridized carbons (Fsp3) is 0.130. The molecule has 0 atom stereocenters. The number of nitrogens with zero attached hydrogens (tertiary/aromatic N) is 4. The van der Waals surface area contributed by atoms with Crippen LogP contribution in [0.1, 0.15) is 11.5 Å². The third-order valence-electron chi connectivity index (χ3n) is 5.11. The molecule has 0 spiro atoms. The fourth-order valence-corrected chi connectivity index (χ4v) is 5.80. The minimum atomic E-state index is -0.131. The summed E-state index contributed by atoms with van der Waals surface area (Å²) < 4.78 is 10.3. The monoisotopic (exact) mass is 512 g/mol. The SMILES string of the molecule is Cc1oc(-c2ccccc2)nc1CSc1nc2c(sc(=S)n2-c2ccc(Cl)cc2)c(=O)n1C. The molecule has 3 aromatic heterocycles. The average molecular weight is 513 g/mol. The summed E-state index contributed by atoms with van der Waals surface area (Å²) >= 11 is 14.3. The first-order chi connectivity index (χ1) is 15.9. The van der Waals surface area contributed by atoms with Gasteiger partial charge in [-0.25, -0.2) is 9.97 Å². The van der Waals surface area contributed by atoms with Crippen LogP contribution in [0.5, 0.6) is 0 Å². The molecular weight excluding hydrogens is 496 g/mol. The van der Waals surface area contributed by atoms with Crippen molar-refractivity contribution in [3.8, 4) is 17.1 Å². The number of hydrogen-bond acceptors (Lipinski definition) is 7. The molecule has 5 aromatic rings. The van der Waals surface area contributed by atoms with E-state index in [-0.39, 0.29) is 5.56 Å². The summed E-state index contributed by atoms with van der Waals surface area (Å²) in [6, 6.07) is 17.1. The Morgan fingerprint density at radius 2 is 1.85 bits per heavy atom. The van der Waals surface area contributed by atoms with Gasteiger partial charge in [0.2, 0.25) is 5.89 Å². The topological polar surface area (TPSA) is 65.8 Å². The number of thiazole rings is 1. The van der Waals surface area contributed by atoms with E-state index in [1.807, 2.05) is 54.0 Å². The molecule has 0 aliphatic rings. The molecule has 33 heavy (non-hydrogen) atoms. The summed E-state index contributed by atoms with van der Waals surface area (Å²) in [6.45, 7) is 1.89. The van der Waals surface area contributed by atoms with Crippen molar-refractivity contribution in [3.63, 3.8) is 0 Å². The molecule has 3 heterocycles. The zero-order chi connectivity index (χ0) is 23.1. The van der Waals surface area contributed by atoms with Crippen LogP contribution >= 0.6 is 46.9 Å². The number of thioether (sulfide) groups is 1. The highest BCUT2D eigenvalue weighted by molar-refractivity contribution is 7.98. The maximum atomic E-state index is 13.1. The Balaban J connectivity index is 1.52. The maximum Gasteiger partial charge on any atom is 0.273 e. The number of halogens is 1. The van der Waals surface area contributed by atoms with Gasteiger partial charge in [0.1, 0.15) is 10.5 Å². The van der Waals surface area contributed by atoms with E-state index >= 15 is 0 Å². The molecular formula is C23H17ClN4O2S3. The van der Waals surface area contributed by atoms with Crippen LogP contribution in [0.3, 0.4) is 0 Å². The summed E-state index contributed by atoms with van der Waals surface area (Å²) in [5.74, 6) is 1.84. The lowest BCUT2D eigenvalue weighted by atomic mass is 10.2. The third kappa shape index (κ3) is 4.17. The van der Waals surface area contributed by atoms with E-state index in [2.05, 4.69) is 4.98 Å². The Hall–Kier alpha value is -2.72. The molecule has 0 amide bonds. The van der Waals surface area contributed by atoms with Crippen molar-refractivity contribution in [1.82, 2.24) is 19.1 Å². The lowest BCUT2D eigenvalue weighted by Crippen LogP contribution is -2.19. The molecule has 5 rings (SSSR count). The van der Waals surface area contributed by atoms with Crippen LogP contribution in [0, 0.1) is 10.9 Å². The van der Waals surface area contributed by atoms with Gasteiger partial charge >= 0.3 is 0 Å². The number of oxazole rings is 1. The molecule has 0 aliphatic heterocycles. The van der Waals surface area contributed by atoms with E-state index in [9.17, 15) is 4.79 Å². The molecule has 166 valence electrons. The second-order valence-corrected chi connectivity index (χ2v) is 10.3. The van der Waals surface area contributed by atoms with Crippen LogP contribution in [0.4, 0.5) is 0 Å². The van der Waals surface area contributed by atoms with Gasteiger partial charge in [-0.2, -0.15) is 0 Å². The minimum absolute atomic E-state index is 0.131. The van der Waals surface area contributed by atoms with Crippen LogP contribution in [-0.4, -0.2) is 19.1 Å². The average Bonchev–Trinajstić information content (AvgIpc) is 3.36. The maximum absolute atomic E-state index is 13.1. The molecule has 0 radical (unpaired) electrons. The zero-order valence-electron chi connectivity index (χ0n) is 17.6. The minimum Gasteiger partial charge on any atom is -0.441 e. The second kappa shape index (κ2) is 8.90. The number of benzene rings is 2. The van der Waals surface area contributed by atoms with Crippen molar-refractivity contribution in [1.29, 1.82) is 0 Å². The first-order valence-corrected chi connectivity index (χ1v) is 12.5. The van der Waals surface area contributed by atoms with E-state index in [0.717, 1.165) is 22.7 Å². The standard InChI is InChI=1S/C23H17ClN4O2S3/c1-13-17(25-20(30-13)14-6-4-3-5-7-14)12-32-22-26-19-18(21(29)27(22)2)33-23(31)28(19)16-10-8-15(24)9-11-16/h3-11H,12H2,1-2H3. The van der Waals surface area contributed by atoms with Gasteiger partial charge in [0.05, 0.1) is 5.69 Å². The van der Waals surface area contributed by atoms with Crippen LogP contribution in [0.2, 0.25) is 5.02 Å². The van der Waals surface area contributed by atoms with Crippen molar-refractivity contribution in [2.45, 2.75) is 17.8 Å². The highest BCUT2D eigenvalue weighted by atomic mass is 35.5. The summed E-state index contributed by atoms with van der Waals surface area (Å²) in [4.78, 5) is 22.5. The van der Waals surface area contributed by atoms with Gasteiger partial charge in [-0.15, -0.1) is 0 Å². The molecule has 0 fully saturated rings. The van der Waals surface area contributed by atoms with Crippen molar-refractivity contribution in [3.05, 3.63) is 85.4 Å². The van der Waals surface area contributed by atoms with E-state index in [1.54, 1.807) is 23.7 Å². The van der Waals surface area contributed by atoms with Gasteiger partial charge in [0, 0.05) is 29.1 Å². The Morgan fingerprint density at radius 3 is 2.58 bits per heavy atom. The van der Waals surface area contributed by atoms with Crippen LogP contribution in [0.15, 0.2) is 69.0 Å². The van der Waals surface area contributed by atoms with Crippen LogP contribution < -0.4 is 5.56 Å². The summed E-state index contributed by atoms with van der Waals surface area (Å²) in [5, 5.41) is 1.20. The molecule has 0 aliphatic carbocycles. The molecule has 6 nitrogen and oxygen atoms in total. The van der Waals surface area contributed by atoms with Crippen molar-refractivity contribution in [2.24, 2.45) is 7.05 Å². The van der Waals surface area contributed by atoms with E-state index in [0.29, 0.717) is 36.1 Å². The first kappa shape index (κ1) is 22.1. The largest absolute Gasteiger partial charge is 0.441 e. The second-order valence-electron chi connectivity index (χ2n) is 7.27. The van der Waals surface area contributed by atoms with Gasteiger partial charge in [-0.05, 0) is 55.5 Å². The lowest BCUT2D eigenvalue weighted by Gasteiger charge is -2.09. The molecule has 0 saturated heterocycles. The Kier molecular flexibility index (Phi) is 5.96. The zero-order valence-corrected chi connectivity index (χ0v) is 20.8. The van der Waals surface area contributed by atoms with Crippen molar-refractivity contribution < 1.29 is 4.42 Å². The van der Waals surface area contributed by atoms with E-state index in [4.69, 9.17) is 33.2 Å². The number of hydrogen-bond donors (Lipinski definition) is 0. The Bertz CT molecular complexity index is 1580. The van der Waals surface area contributed by atoms with Crippen molar-refractivity contribution in [2.75, 3.05) is 0 Å². The molecule has 0 saturated carbocycles. The summed E-state index contributed by atoms with van der Waals surface area (Å²) in [6.07, 6.45) is 0. The molecule has 0 bridgehead atoms. The Labute approximate surface area is 207 Å². The number of rotatable bonds is 5. The predicted octanol–water partition coefficient (Wildman–Crippen LogP) is 6.42. The summed E-state index contributed by atoms with van der Waals surface area (Å²) in [5.41, 5.74) is 2.96. The highest BCUT2D eigenvalue weighted by Gasteiger charge is 2.18. The van der Waals surface area contributed by atoms with Gasteiger partial charge in [-0.1, -0.05) is 52.9 Å². The van der Waals surface area contributed by atoms with E-state index < -0.39 is 0 Å². The number of aryl methyl sites for hydroxylation is 1. The van der Waals surface area contributed by atoms with Gasteiger partial charge in [0.25, 0.3) is 5.56 Å². The quantitative estimate of drug-likeness (QED) is 0.154. The van der Waals surface area contributed by atoms with E-state index in [1.165, 1.54) is 23.1 Å². The highest BCUT2D eigenvalue weighted by Crippen LogP contribution is 2.29. The molecule has 10 heteroatoms. The third-order valence-corrected chi connectivity index (χ3v) is 7.75. The van der Waals surface area contributed by atoms with Gasteiger partial charge < -0.3 is 4.42 Å². The predicted molar refractivity (Wildman–Crippen MR) is 136 cm³/mol. The fourth-order valence-electron chi connectivity index (χ4n) is 3.36.